The fraction of sp³-hybridized carbons (Fsp3) is 0.206. The highest BCUT2D eigenvalue weighted by molar-refractivity contribution is 6.07. The van der Waals surface area contributed by atoms with Crippen LogP contribution in [0.3, 0.4) is 0 Å². The summed E-state index contributed by atoms with van der Waals surface area (Å²) >= 11 is 0. The highest BCUT2D eigenvalue weighted by atomic mass is 16.5. The van der Waals surface area contributed by atoms with Crippen LogP contribution in [0.15, 0.2) is 85.1 Å². The summed E-state index contributed by atoms with van der Waals surface area (Å²) in [4.78, 5) is 12.3. The Morgan fingerprint density at radius 1 is 0.857 bits per heavy atom. The van der Waals surface area contributed by atoms with Gasteiger partial charge in [0.25, 0.3) is 0 Å². The molecule has 0 saturated carbocycles. The van der Waals surface area contributed by atoms with Crippen LogP contribution in [0.25, 0.3) is 55.4 Å². The summed E-state index contributed by atoms with van der Waals surface area (Å²) in [6.45, 7) is 3.60. The summed E-state index contributed by atoms with van der Waals surface area (Å²) in [5, 5.41) is 8.96. The Kier molecular flexibility index (Phi) is 6.89. The minimum absolute atomic E-state index is 0.384. The number of methoxy groups -OCH3 is 1. The number of aromatic nitrogens is 4. The molecule has 8 heteroatoms. The molecule has 0 aliphatic carbocycles. The summed E-state index contributed by atoms with van der Waals surface area (Å²) in [7, 11) is 1.66. The van der Waals surface area contributed by atoms with Crippen LogP contribution in [-0.4, -0.2) is 58.4 Å². The monoisotopic (exact) mass is 556 g/mol. The van der Waals surface area contributed by atoms with E-state index in [4.69, 9.17) is 25.2 Å². The van der Waals surface area contributed by atoms with Gasteiger partial charge in [-0.05, 0) is 60.8 Å². The number of hydrogen-bond donors (Lipinski definition) is 2. The number of rotatable bonds is 8. The molecule has 0 atom stereocenters. The van der Waals surface area contributed by atoms with Crippen LogP contribution in [0.4, 0.5) is 5.82 Å². The molecule has 0 bridgehead atoms. The van der Waals surface area contributed by atoms with Crippen molar-refractivity contribution < 1.29 is 9.47 Å². The maximum Gasteiger partial charge on any atom is 0.169 e. The van der Waals surface area contributed by atoms with Gasteiger partial charge < -0.3 is 15.2 Å². The molecule has 3 N–H and O–H groups in total. The van der Waals surface area contributed by atoms with Crippen molar-refractivity contribution in [3.63, 3.8) is 0 Å². The molecule has 42 heavy (non-hydrogen) atoms. The van der Waals surface area contributed by atoms with E-state index >= 15 is 0 Å². The van der Waals surface area contributed by atoms with Gasteiger partial charge in [-0.25, -0.2) is 9.97 Å². The predicted octanol–water partition coefficient (Wildman–Crippen LogP) is 6.57. The number of nitrogens with one attached hydrogen (secondary N) is 1. The lowest BCUT2D eigenvalue weighted by atomic mass is 9.97. The molecule has 210 valence electrons. The Balaban J connectivity index is 1.37. The molecule has 0 spiro atoms. The molecule has 7 rings (SSSR count). The first-order chi connectivity index (χ1) is 20.7. The average molecular weight is 557 g/mol. The van der Waals surface area contributed by atoms with Gasteiger partial charge in [0.15, 0.2) is 17.3 Å². The largest absolute Gasteiger partial charge is 0.493 e. The molecule has 1 fully saturated rings. The van der Waals surface area contributed by atoms with Crippen molar-refractivity contribution in [2.75, 3.05) is 39.1 Å². The molecule has 1 aliphatic heterocycles. The van der Waals surface area contributed by atoms with E-state index in [1.54, 1.807) is 7.11 Å². The van der Waals surface area contributed by atoms with Crippen molar-refractivity contribution in [2.24, 2.45) is 0 Å². The Morgan fingerprint density at radius 3 is 2.50 bits per heavy atom. The number of nitrogens with two attached hydrogens (primary N) is 1. The van der Waals surface area contributed by atoms with Crippen molar-refractivity contribution in [2.45, 2.75) is 12.8 Å². The van der Waals surface area contributed by atoms with Crippen molar-refractivity contribution >= 4 is 27.6 Å². The maximum absolute atomic E-state index is 6.79. The average Bonchev–Trinajstić information content (AvgIpc) is 3.73. The first kappa shape index (κ1) is 26.0. The number of likely N-dealkylation sites (tertiary alicyclic amines) is 1. The van der Waals surface area contributed by atoms with E-state index in [9.17, 15) is 0 Å². The van der Waals surface area contributed by atoms with Gasteiger partial charge >= 0.3 is 0 Å². The van der Waals surface area contributed by atoms with E-state index < -0.39 is 0 Å². The number of ether oxygens (including phenoxy) is 2. The summed E-state index contributed by atoms with van der Waals surface area (Å²) < 4.78 is 12.4. The molecule has 1 aliphatic rings. The molecule has 0 unspecified atom stereocenters. The van der Waals surface area contributed by atoms with Crippen LogP contribution in [0.1, 0.15) is 12.8 Å². The molecule has 8 nitrogen and oxygen atoms in total. The summed E-state index contributed by atoms with van der Waals surface area (Å²) in [5.41, 5.74) is 13.3. The summed E-state index contributed by atoms with van der Waals surface area (Å²) in [5.74, 6) is 2.18. The van der Waals surface area contributed by atoms with E-state index in [1.807, 2.05) is 54.7 Å². The number of nitrogen functional groups attached to an aromatic ring is 1. The lowest BCUT2D eigenvalue weighted by molar-refractivity contribution is 0.231. The Morgan fingerprint density at radius 2 is 1.67 bits per heavy atom. The highest BCUT2D eigenvalue weighted by Crippen LogP contribution is 2.46. The number of aromatic amines is 1. The van der Waals surface area contributed by atoms with Crippen molar-refractivity contribution in [3.05, 3.63) is 85.1 Å². The zero-order valence-corrected chi connectivity index (χ0v) is 23.5. The molecule has 0 radical (unpaired) electrons. The number of H-pyrrole nitrogens is 1. The number of nitrogens with zero attached hydrogens (tertiary/aromatic N) is 4. The number of benzene rings is 4. The highest BCUT2D eigenvalue weighted by Gasteiger charge is 2.23. The Hall–Kier alpha value is -4.95. The van der Waals surface area contributed by atoms with E-state index in [1.165, 1.54) is 12.8 Å². The minimum Gasteiger partial charge on any atom is -0.493 e. The Bertz CT molecular complexity index is 1880. The second-order valence-electron chi connectivity index (χ2n) is 10.6. The lowest BCUT2D eigenvalue weighted by Crippen LogP contribution is -2.25. The second-order valence-corrected chi connectivity index (χ2v) is 10.6. The maximum atomic E-state index is 6.79. The van der Waals surface area contributed by atoms with Gasteiger partial charge in [-0.1, -0.05) is 54.6 Å². The lowest BCUT2D eigenvalue weighted by Gasteiger charge is -2.21. The molecular formula is C34H32N6O2. The number of hydrogen-bond acceptors (Lipinski definition) is 7. The van der Waals surface area contributed by atoms with Crippen molar-refractivity contribution in [3.8, 4) is 45.1 Å². The zero-order valence-electron chi connectivity index (χ0n) is 23.5. The zero-order chi connectivity index (χ0) is 28.5. The predicted molar refractivity (Wildman–Crippen MR) is 168 cm³/mol. The first-order valence-corrected chi connectivity index (χ1v) is 14.3. The molecule has 4 aromatic carbocycles. The smallest absolute Gasteiger partial charge is 0.169 e. The van der Waals surface area contributed by atoms with Gasteiger partial charge in [0.2, 0.25) is 0 Å². The van der Waals surface area contributed by atoms with Crippen LogP contribution in [0.5, 0.6) is 11.5 Å². The van der Waals surface area contributed by atoms with Crippen LogP contribution in [0, 0.1) is 0 Å². The summed E-state index contributed by atoms with van der Waals surface area (Å²) in [6, 6.07) is 26.5. The van der Waals surface area contributed by atoms with E-state index in [0.717, 1.165) is 63.7 Å². The fourth-order valence-electron chi connectivity index (χ4n) is 5.83. The molecule has 6 aromatic rings. The minimum atomic E-state index is 0.384. The van der Waals surface area contributed by atoms with E-state index in [0.29, 0.717) is 35.3 Å². The SMILES string of the molecule is COc1cc2nc(-c3cccc(-c4ccccc4)c3)nc(N)c2c(-c2ccc3[nH]ncc3c2)c1OCCN1CCCC1. The summed E-state index contributed by atoms with van der Waals surface area (Å²) in [6.07, 6.45) is 4.28. The Labute approximate surface area is 244 Å². The fourth-order valence-corrected chi connectivity index (χ4v) is 5.83. The normalized spacial score (nSPS) is 13.6. The van der Waals surface area contributed by atoms with Gasteiger partial charge in [0, 0.05) is 29.1 Å². The van der Waals surface area contributed by atoms with E-state index in [-0.39, 0.29) is 0 Å². The molecule has 3 heterocycles. The van der Waals surface area contributed by atoms with Crippen molar-refractivity contribution in [1.29, 1.82) is 0 Å². The third kappa shape index (κ3) is 4.90. The first-order valence-electron chi connectivity index (χ1n) is 14.3. The van der Waals surface area contributed by atoms with Crippen LogP contribution >= 0.6 is 0 Å². The number of fused-ring (bicyclic) bond motifs is 2. The van der Waals surface area contributed by atoms with Gasteiger partial charge in [-0.3, -0.25) is 10.00 Å². The third-order valence-electron chi connectivity index (χ3n) is 7.96. The molecule has 1 saturated heterocycles. The van der Waals surface area contributed by atoms with E-state index in [2.05, 4.69) is 45.4 Å². The van der Waals surface area contributed by atoms with Crippen LogP contribution in [0.2, 0.25) is 0 Å². The van der Waals surface area contributed by atoms with Crippen LogP contribution in [-0.2, 0) is 0 Å². The van der Waals surface area contributed by atoms with Gasteiger partial charge in [-0.15, -0.1) is 0 Å². The van der Waals surface area contributed by atoms with Gasteiger partial charge in [-0.2, -0.15) is 5.10 Å². The standard InChI is InChI=1S/C34H32N6O2/c1-41-29-20-28-31(33(35)38-34(37-28)25-11-7-10-23(18-25)22-8-3-2-4-9-22)30(24-12-13-27-26(19-24)21-36-39-27)32(29)42-17-16-40-14-5-6-15-40/h2-4,7-13,18-21H,5-6,14-17H2,1H3,(H,36,39)(H2,35,37,38). The molecular weight excluding hydrogens is 524 g/mol. The van der Waals surface area contributed by atoms with Gasteiger partial charge in [0.1, 0.15) is 12.4 Å². The molecule has 0 amide bonds. The molecule has 2 aromatic heterocycles. The second kappa shape index (κ2) is 11.1. The topological polar surface area (TPSA) is 102 Å². The number of anilines is 1. The third-order valence-corrected chi connectivity index (χ3v) is 7.96. The quantitative estimate of drug-likeness (QED) is 0.219. The van der Waals surface area contributed by atoms with Crippen molar-refractivity contribution in [1.82, 2.24) is 25.1 Å². The van der Waals surface area contributed by atoms with Crippen LogP contribution < -0.4 is 15.2 Å². The van der Waals surface area contributed by atoms with Gasteiger partial charge in [0.05, 0.1) is 29.7 Å².